The Kier molecular flexibility index (Phi) is 5.01. The third kappa shape index (κ3) is 3.68. The van der Waals surface area contributed by atoms with Crippen LogP contribution in [-0.4, -0.2) is 0 Å². The van der Waals surface area contributed by atoms with Crippen LogP contribution in [0, 0.1) is 0 Å². The smallest absolute Gasteiger partial charge is 0.135 e. The maximum atomic E-state index is 2.37. The molecule has 1 unspecified atom stereocenters. The van der Waals surface area contributed by atoms with Gasteiger partial charge in [0.2, 0.25) is 0 Å². The van der Waals surface area contributed by atoms with Gasteiger partial charge in [-0.1, -0.05) is 70.2 Å². The van der Waals surface area contributed by atoms with Gasteiger partial charge in [-0.05, 0) is 52.3 Å². The molecule has 0 bridgehead atoms. The molecule has 1 atom stereocenters. The first kappa shape index (κ1) is 16.7. The van der Waals surface area contributed by atoms with Crippen molar-refractivity contribution in [1.29, 1.82) is 0 Å². The van der Waals surface area contributed by atoms with Gasteiger partial charge in [0.15, 0.2) is 0 Å². The molecular formula is C23H28N+. The van der Waals surface area contributed by atoms with Crippen LogP contribution in [0.1, 0.15) is 62.3 Å². The second-order valence-electron chi connectivity index (χ2n) is 7.31. The molecule has 0 fully saturated rings. The van der Waals surface area contributed by atoms with E-state index in [1.54, 1.807) is 0 Å². The zero-order chi connectivity index (χ0) is 17.1. The second kappa shape index (κ2) is 7.19. The van der Waals surface area contributed by atoms with E-state index >= 15 is 0 Å². The number of benzene rings is 2. The first-order valence-electron chi connectivity index (χ1n) is 8.98. The van der Waals surface area contributed by atoms with Crippen LogP contribution in [-0.2, 0) is 0 Å². The third-order valence-corrected chi connectivity index (χ3v) is 4.77. The number of rotatable bonds is 4. The van der Waals surface area contributed by atoms with E-state index in [2.05, 4.69) is 99.9 Å². The van der Waals surface area contributed by atoms with Gasteiger partial charge in [-0.2, -0.15) is 0 Å². The van der Waals surface area contributed by atoms with Gasteiger partial charge in [0.1, 0.15) is 6.04 Å². The molecule has 1 heterocycles. The number of hydrogen-bond acceptors (Lipinski definition) is 0. The van der Waals surface area contributed by atoms with Crippen molar-refractivity contribution in [3.05, 3.63) is 83.6 Å². The van der Waals surface area contributed by atoms with Crippen molar-refractivity contribution in [2.75, 3.05) is 0 Å². The zero-order valence-corrected chi connectivity index (χ0v) is 15.2. The number of allylic oxidation sites excluding steroid dienone is 2. The van der Waals surface area contributed by atoms with E-state index in [1.807, 2.05) is 0 Å². The molecule has 2 aromatic rings. The van der Waals surface area contributed by atoms with E-state index in [9.17, 15) is 0 Å². The molecule has 0 amide bonds. The van der Waals surface area contributed by atoms with Gasteiger partial charge >= 0.3 is 0 Å². The highest BCUT2D eigenvalue weighted by molar-refractivity contribution is 5.66. The molecule has 3 rings (SSSR count). The van der Waals surface area contributed by atoms with Crippen LogP contribution < -0.4 is 5.32 Å². The minimum Gasteiger partial charge on any atom is -0.311 e. The van der Waals surface area contributed by atoms with Gasteiger partial charge < -0.3 is 5.32 Å². The maximum absolute atomic E-state index is 2.37. The van der Waals surface area contributed by atoms with Gasteiger partial charge in [0.25, 0.3) is 0 Å². The number of nitrogens with two attached hydrogens (primary N) is 1. The van der Waals surface area contributed by atoms with Gasteiger partial charge in [-0.25, -0.2) is 0 Å². The van der Waals surface area contributed by atoms with E-state index in [4.69, 9.17) is 0 Å². The molecule has 0 aliphatic carbocycles. The van der Waals surface area contributed by atoms with E-state index in [1.165, 1.54) is 27.8 Å². The van der Waals surface area contributed by atoms with Crippen LogP contribution in [0.3, 0.4) is 0 Å². The molecule has 1 aliphatic heterocycles. The second-order valence-corrected chi connectivity index (χ2v) is 7.31. The minimum atomic E-state index is 0.382. The van der Waals surface area contributed by atoms with Crippen molar-refractivity contribution in [1.82, 2.24) is 0 Å². The summed E-state index contributed by atoms with van der Waals surface area (Å²) in [6, 6.07) is 16.4. The summed E-state index contributed by atoms with van der Waals surface area (Å²) in [6.07, 6.45) is 8.60. The Hall–Kier alpha value is -2.12. The fourth-order valence-electron chi connectivity index (χ4n) is 3.15. The molecule has 0 radical (unpaired) electrons. The Morgan fingerprint density at radius 2 is 1.50 bits per heavy atom. The van der Waals surface area contributed by atoms with Crippen LogP contribution in [0.25, 0.3) is 11.1 Å². The van der Waals surface area contributed by atoms with Crippen LogP contribution >= 0.6 is 0 Å². The lowest BCUT2D eigenvalue weighted by atomic mass is 9.90. The van der Waals surface area contributed by atoms with Crippen molar-refractivity contribution in [2.24, 2.45) is 0 Å². The minimum absolute atomic E-state index is 0.382. The fraction of sp³-hybridized carbons (Fsp3) is 0.304. The molecule has 0 saturated carbocycles. The molecule has 1 aliphatic rings. The first-order valence-corrected chi connectivity index (χ1v) is 8.98. The molecule has 124 valence electrons. The third-order valence-electron chi connectivity index (χ3n) is 4.77. The van der Waals surface area contributed by atoms with Crippen molar-refractivity contribution in [3.63, 3.8) is 0 Å². The lowest BCUT2D eigenvalue weighted by Crippen LogP contribution is -2.79. The predicted octanol–water partition coefficient (Wildman–Crippen LogP) is 5.29. The quantitative estimate of drug-likeness (QED) is 0.789. The lowest BCUT2D eigenvalue weighted by molar-refractivity contribution is -0.622. The topological polar surface area (TPSA) is 16.6 Å². The zero-order valence-electron chi connectivity index (χ0n) is 15.2. The molecule has 0 saturated heterocycles. The number of hydrogen-bond donors (Lipinski definition) is 1. The standard InChI is InChI=1S/C23H27N/c1-16(2)20-13-21(17(3)4)15-22(14-20)18-8-7-9-19(12-18)23-10-5-6-11-24-23/h5-17,23-24H,1-4H3/p+1. The van der Waals surface area contributed by atoms with Crippen LogP contribution in [0.5, 0.6) is 0 Å². The summed E-state index contributed by atoms with van der Waals surface area (Å²) in [7, 11) is 0. The molecule has 24 heavy (non-hydrogen) atoms. The van der Waals surface area contributed by atoms with Crippen molar-refractivity contribution < 1.29 is 5.32 Å². The van der Waals surface area contributed by atoms with Gasteiger partial charge in [0, 0.05) is 5.56 Å². The van der Waals surface area contributed by atoms with E-state index in [0.29, 0.717) is 17.9 Å². The summed E-state index contributed by atoms with van der Waals surface area (Å²) in [4.78, 5) is 0. The Morgan fingerprint density at radius 1 is 0.792 bits per heavy atom. The fourth-order valence-corrected chi connectivity index (χ4v) is 3.15. The first-order chi connectivity index (χ1) is 11.5. The molecule has 1 heteroatoms. The maximum Gasteiger partial charge on any atom is 0.135 e. The van der Waals surface area contributed by atoms with Crippen molar-refractivity contribution in [2.45, 2.75) is 45.6 Å². The van der Waals surface area contributed by atoms with E-state index in [-0.39, 0.29) is 0 Å². The Balaban J connectivity index is 2.02. The molecule has 0 aromatic heterocycles. The normalized spacial score (nSPS) is 17.0. The monoisotopic (exact) mass is 318 g/mol. The predicted molar refractivity (Wildman–Crippen MR) is 103 cm³/mol. The summed E-state index contributed by atoms with van der Waals surface area (Å²) in [5.41, 5.74) is 6.85. The summed E-state index contributed by atoms with van der Waals surface area (Å²) in [6.45, 7) is 9.09. The summed E-state index contributed by atoms with van der Waals surface area (Å²) in [5.74, 6) is 1.09. The van der Waals surface area contributed by atoms with Crippen LogP contribution in [0.4, 0.5) is 0 Å². The van der Waals surface area contributed by atoms with Crippen molar-refractivity contribution in [3.8, 4) is 11.1 Å². The van der Waals surface area contributed by atoms with Gasteiger partial charge in [-0.15, -0.1) is 0 Å². The Morgan fingerprint density at radius 3 is 2.08 bits per heavy atom. The summed E-state index contributed by atoms with van der Waals surface area (Å²) < 4.78 is 0. The molecule has 0 spiro atoms. The molecule has 1 nitrogen and oxygen atoms in total. The van der Waals surface area contributed by atoms with Crippen LogP contribution in [0.15, 0.2) is 66.9 Å². The Bertz CT molecular complexity index is 739. The average molecular weight is 318 g/mol. The summed E-state index contributed by atoms with van der Waals surface area (Å²) >= 11 is 0. The highest BCUT2D eigenvalue weighted by Gasteiger charge is 2.14. The molecule has 2 N–H and O–H groups in total. The Labute approximate surface area is 146 Å². The van der Waals surface area contributed by atoms with Gasteiger partial charge in [0.05, 0.1) is 6.20 Å². The summed E-state index contributed by atoms with van der Waals surface area (Å²) in [5, 5.41) is 2.25. The van der Waals surface area contributed by atoms with E-state index in [0.717, 1.165) is 0 Å². The van der Waals surface area contributed by atoms with Crippen LogP contribution in [0.2, 0.25) is 0 Å². The molecule has 2 aromatic carbocycles. The van der Waals surface area contributed by atoms with Crippen molar-refractivity contribution >= 4 is 0 Å². The highest BCUT2D eigenvalue weighted by atomic mass is 14.9. The number of quaternary nitrogens is 1. The molecular weight excluding hydrogens is 290 g/mol. The van der Waals surface area contributed by atoms with Gasteiger partial charge in [-0.3, -0.25) is 0 Å². The largest absolute Gasteiger partial charge is 0.311 e. The highest BCUT2D eigenvalue weighted by Crippen LogP contribution is 2.30. The SMILES string of the molecule is CC(C)c1cc(-c2cccc(C3C=CC=C[NH2+]3)c2)cc(C(C)C)c1. The average Bonchev–Trinajstić information content (AvgIpc) is 2.62. The lowest BCUT2D eigenvalue weighted by Gasteiger charge is -2.16. The van der Waals surface area contributed by atoms with E-state index < -0.39 is 0 Å².